The summed E-state index contributed by atoms with van der Waals surface area (Å²) in [6.07, 6.45) is 0. The summed E-state index contributed by atoms with van der Waals surface area (Å²) in [6, 6.07) is 113. The van der Waals surface area contributed by atoms with Gasteiger partial charge < -0.3 is 9.47 Å². The van der Waals surface area contributed by atoms with Crippen molar-refractivity contribution in [2.75, 3.05) is 4.90 Å². The Morgan fingerprint density at radius 1 is 0.265 bits per heavy atom. The molecular weight excluding hydrogens is 1000 g/mol. The maximum atomic E-state index is 2.57. The van der Waals surface area contributed by atoms with E-state index in [1.165, 1.54) is 115 Å². The van der Waals surface area contributed by atoms with E-state index in [-0.39, 0.29) is 5.41 Å². The standard InChI is InChI=1S/C81H56N2/c1-81(2)75-38-20-18-35-67(75)68-48-46-59(50-76(68)81)82(58-45-47-62(54-25-8-4-9-26-54)71(49-58)55-27-10-5-11-28-55)79-52-73-66-34-17-15-32-64(66)63-31-14-16-33-65(63)72(73)51-74(79)69-37-22-40-78-80(69)70-36-19-21-39-77(70)83(78)57-43-41-56(42-44-57)61-30-13-12-29-60(61)53-23-6-3-7-24-53/h3-52H,1-2H3. The first kappa shape index (κ1) is 48.4. The van der Waals surface area contributed by atoms with Crippen molar-refractivity contribution in [1.82, 2.24) is 4.57 Å². The molecule has 0 saturated carbocycles. The summed E-state index contributed by atoms with van der Waals surface area (Å²) in [4.78, 5) is 2.57. The van der Waals surface area contributed by atoms with E-state index in [2.05, 4.69) is 327 Å². The van der Waals surface area contributed by atoms with Crippen LogP contribution in [0.3, 0.4) is 0 Å². The Labute approximate surface area is 484 Å². The third-order valence-electron chi connectivity index (χ3n) is 17.8. The summed E-state index contributed by atoms with van der Waals surface area (Å²) in [5, 5.41) is 9.81. The fourth-order valence-electron chi connectivity index (χ4n) is 13.9. The smallest absolute Gasteiger partial charge is 0.0547 e. The van der Waals surface area contributed by atoms with Gasteiger partial charge in [-0.15, -0.1) is 0 Å². The number of anilines is 3. The lowest BCUT2D eigenvalue weighted by Gasteiger charge is -2.31. The normalized spacial score (nSPS) is 12.6. The first-order valence-corrected chi connectivity index (χ1v) is 28.9. The van der Waals surface area contributed by atoms with Crippen molar-refractivity contribution in [3.05, 3.63) is 314 Å². The predicted octanol–water partition coefficient (Wildman–Crippen LogP) is 22.4. The molecule has 0 bridgehead atoms. The quantitative estimate of drug-likeness (QED) is 0.131. The van der Waals surface area contributed by atoms with Gasteiger partial charge >= 0.3 is 0 Å². The van der Waals surface area contributed by atoms with Crippen LogP contribution in [0.1, 0.15) is 25.0 Å². The molecule has 0 fully saturated rings. The van der Waals surface area contributed by atoms with Crippen molar-refractivity contribution >= 4 is 71.2 Å². The van der Waals surface area contributed by atoms with E-state index < -0.39 is 0 Å². The van der Waals surface area contributed by atoms with Crippen molar-refractivity contribution in [3.63, 3.8) is 0 Å². The molecule has 1 heterocycles. The first-order valence-electron chi connectivity index (χ1n) is 28.9. The van der Waals surface area contributed by atoms with Crippen LogP contribution >= 0.6 is 0 Å². The van der Waals surface area contributed by atoms with Gasteiger partial charge in [0.05, 0.1) is 16.7 Å². The van der Waals surface area contributed by atoms with Gasteiger partial charge in [-0.05, 0) is 165 Å². The van der Waals surface area contributed by atoms with Crippen LogP contribution < -0.4 is 4.90 Å². The summed E-state index contributed by atoms with van der Waals surface area (Å²) in [7, 11) is 0. The zero-order valence-electron chi connectivity index (χ0n) is 46.3. The summed E-state index contributed by atoms with van der Waals surface area (Å²) in [5.41, 5.74) is 23.6. The monoisotopic (exact) mass is 1060 g/mol. The number of para-hydroxylation sites is 1. The Hall–Kier alpha value is -10.5. The van der Waals surface area contributed by atoms with E-state index in [4.69, 9.17) is 0 Å². The Bertz CT molecular complexity index is 5030. The number of fused-ring (bicyclic) bond motifs is 12. The second-order valence-corrected chi connectivity index (χ2v) is 22.7. The molecule has 2 nitrogen and oxygen atoms in total. The fraction of sp³-hybridized carbons (Fsp3) is 0.0370. The predicted molar refractivity (Wildman–Crippen MR) is 353 cm³/mol. The van der Waals surface area contributed by atoms with Crippen molar-refractivity contribution in [2.24, 2.45) is 0 Å². The minimum Gasteiger partial charge on any atom is -0.310 e. The second kappa shape index (κ2) is 19.3. The van der Waals surface area contributed by atoms with Gasteiger partial charge in [-0.25, -0.2) is 0 Å². The van der Waals surface area contributed by atoms with E-state index in [9.17, 15) is 0 Å². The average Bonchev–Trinajstić information content (AvgIpc) is 2.99. The highest BCUT2D eigenvalue weighted by molar-refractivity contribution is 6.28. The number of hydrogen-bond donors (Lipinski definition) is 0. The van der Waals surface area contributed by atoms with Crippen LogP contribution in [0.25, 0.3) is 127 Å². The van der Waals surface area contributed by atoms with Crippen molar-refractivity contribution in [1.29, 1.82) is 0 Å². The molecule has 0 saturated heterocycles. The van der Waals surface area contributed by atoms with Crippen LogP contribution in [-0.4, -0.2) is 4.57 Å². The minimum absolute atomic E-state index is 0.224. The highest BCUT2D eigenvalue weighted by Crippen LogP contribution is 2.54. The molecule has 0 spiro atoms. The molecule has 15 aromatic rings. The van der Waals surface area contributed by atoms with Gasteiger partial charge in [0.15, 0.2) is 0 Å². The van der Waals surface area contributed by atoms with Gasteiger partial charge in [-0.1, -0.05) is 257 Å². The van der Waals surface area contributed by atoms with E-state index in [0.29, 0.717) is 0 Å². The molecule has 390 valence electrons. The molecule has 16 rings (SSSR count). The summed E-state index contributed by atoms with van der Waals surface area (Å²) >= 11 is 0. The third-order valence-corrected chi connectivity index (χ3v) is 17.8. The van der Waals surface area contributed by atoms with Crippen molar-refractivity contribution in [2.45, 2.75) is 19.3 Å². The third kappa shape index (κ3) is 7.78. The minimum atomic E-state index is -0.224. The van der Waals surface area contributed by atoms with E-state index in [0.717, 1.165) is 39.3 Å². The summed E-state index contributed by atoms with van der Waals surface area (Å²) in [6.45, 7) is 4.78. The topological polar surface area (TPSA) is 8.17 Å². The molecule has 0 radical (unpaired) electrons. The fourth-order valence-corrected chi connectivity index (χ4v) is 13.9. The summed E-state index contributed by atoms with van der Waals surface area (Å²) in [5.74, 6) is 0. The van der Waals surface area contributed by atoms with Crippen LogP contribution in [0.4, 0.5) is 17.1 Å². The van der Waals surface area contributed by atoms with Crippen LogP contribution in [-0.2, 0) is 5.41 Å². The first-order chi connectivity index (χ1) is 41.0. The van der Waals surface area contributed by atoms with E-state index in [1.54, 1.807) is 0 Å². The van der Waals surface area contributed by atoms with Gasteiger partial charge in [0.25, 0.3) is 0 Å². The average molecular weight is 1060 g/mol. The van der Waals surface area contributed by atoms with Gasteiger partial charge in [-0.3, -0.25) is 0 Å². The Kier molecular flexibility index (Phi) is 11.3. The Morgan fingerprint density at radius 2 is 0.699 bits per heavy atom. The number of benzene rings is 14. The molecule has 1 aromatic heterocycles. The van der Waals surface area contributed by atoms with E-state index in [1.807, 2.05) is 0 Å². The van der Waals surface area contributed by atoms with Crippen LogP contribution in [0.2, 0.25) is 0 Å². The molecule has 0 N–H and O–H groups in total. The molecule has 0 unspecified atom stereocenters. The zero-order valence-corrected chi connectivity index (χ0v) is 46.3. The van der Waals surface area contributed by atoms with Gasteiger partial charge in [0.2, 0.25) is 0 Å². The Morgan fingerprint density at radius 3 is 1.33 bits per heavy atom. The van der Waals surface area contributed by atoms with Crippen LogP contribution in [0.5, 0.6) is 0 Å². The highest BCUT2D eigenvalue weighted by Gasteiger charge is 2.36. The van der Waals surface area contributed by atoms with Crippen molar-refractivity contribution < 1.29 is 0 Å². The highest BCUT2D eigenvalue weighted by atomic mass is 15.1. The molecule has 2 heteroatoms. The number of aromatic nitrogens is 1. The van der Waals surface area contributed by atoms with Crippen molar-refractivity contribution in [3.8, 4) is 72.4 Å². The van der Waals surface area contributed by atoms with Crippen LogP contribution in [0.15, 0.2) is 303 Å². The molecule has 1 aliphatic rings. The van der Waals surface area contributed by atoms with Gasteiger partial charge in [0, 0.05) is 38.8 Å². The molecule has 0 aliphatic heterocycles. The Balaban J connectivity index is 0.989. The summed E-state index contributed by atoms with van der Waals surface area (Å²) < 4.78 is 2.47. The lowest BCUT2D eigenvalue weighted by molar-refractivity contribution is 0.660. The lowest BCUT2D eigenvalue weighted by Crippen LogP contribution is -2.17. The molecule has 0 atom stereocenters. The molecular formula is C81H56N2. The number of rotatable bonds is 9. The van der Waals surface area contributed by atoms with Gasteiger partial charge in [-0.2, -0.15) is 0 Å². The molecule has 14 aromatic carbocycles. The molecule has 1 aliphatic carbocycles. The van der Waals surface area contributed by atoms with E-state index >= 15 is 0 Å². The molecule has 0 amide bonds. The van der Waals surface area contributed by atoms with Gasteiger partial charge in [0.1, 0.15) is 0 Å². The second-order valence-electron chi connectivity index (χ2n) is 22.7. The zero-order chi connectivity index (χ0) is 55.2. The largest absolute Gasteiger partial charge is 0.310 e. The number of nitrogens with zero attached hydrogens (tertiary/aromatic N) is 2. The SMILES string of the molecule is CC1(C)c2ccccc2-c2ccc(N(c3ccc(-c4ccccc4)c(-c4ccccc4)c3)c3cc4c5ccccc5c5ccccc5c4cc3-c3cccc4c3c3ccccc3n4-c3ccc(-c4ccccc4-c4ccccc4)cc3)cc21. The lowest BCUT2D eigenvalue weighted by atomic mass is 9.82. The molecule has 83 heavy (non-hydrogen) atoms. The maximum absolute atomic E-state index is 2.57. The number of hydrogen-bond acceptors (Lipinski definition) is 1. The maximum Gasteiger partial charge on any atom is 0.0547 e. The van der Waals surface area contributed by atoms with Crippen LogP contribution in [0, 0.1) is 0 Å².